The van der Waals surface area contributed by atoms with Crippen LogP contribution in [-0.2, 0) is 0 Å². The maximum Gasteiger partial charge on any atom is 0.255 e. The van der Waals surface area contributed by atoms with Gasteiger partial charge in [0.05, 0.1) is 0 Å². The van der Waals surface area contributed by atoms with Crippen LogP contribution in [0.3, 0.4) is 0 Å². The summed E-state index contributed by atoms with van der Waals surface area (Å²) in [6.45, 7) is 1.57. The second kappa shape index (κ2) is 10.8. The van der Waals surface area contributed by atoms with Crippen LogP contribution in [0.2, 0.25) is 0 Å². The van der Waals surface area contributed by atoms with Crippen molar-refractivity contribution in [2.75, 3.05) is 30.4 Å². The zero-order valence-corrected chi connectivity index (χ0v) is 17.2. The standard InChI is InChI=1S/C25H27N3O2/c1-28(23-12-6-3-7-13-23)19-9-8-18-26-24(29)21-14-16-22(17-15-21)27-25(30)20-10-4-2-5-11-20/h2-7,10-17H,8-9,18-19H2,1H3,(H,26,29)(H,27,30). The van der Waals surface area contributed by atoms with Crippen LogP contribution in [0.4, 0.5) is 11.4 Å². The summed E-state index contributed by atoms with van der Waals surface area (Å²) in [4.78, 5) is 26.7. The van der Waals surface area contributed by atoms with Gasteiger partial charge in [-0.1, -0.05) is 36.4 Å². The SMILES string of the molecule is CN(CCCCNC(=O)c1ccc(NC(=O)c2ccccc2)cc1)c1ccccc1. The van der Waals surface area contributed by atoms with Crippen LogP contribution in [-0.4, -0.2) is 32.0 Å². The van der Waals surface area contributed by atoms with Crippen LogP contribution in [0.1, 0.15) is 33.6 Å². The lowest BCUT2D eigenvalue weighted by Crippen LogP contribution is -2.25. The molecule has 0 saturated carbocycles. The first-order chi connectivity index (χ1) is 14.6. The van der Waals surface area contributed by atoms with Gasteiger partial charge in [-0.15, -0.1) is 0 Å². The summed E-state index contributed by atoms with van der Waals surface area (Å²) in [5.74, 6) is -0.277. The van der Waals surface area contributed by atoms with Crippen molar-refractivity contribution in [3.63, 3.8) is 0 Å². The Morgan fingerprint density at radius 3 is 2.00 bits per heavy atom. The first-order valence-electron chi connectivity index (χ1n) is 10.1. The molecule has 0 aliphatic heterocycles. The summed E-state index contributed by atoms with van der Waals surface area (Å²) in [6.07, 6.45) is 1.91. The number of nitrogens with one attached hydrogen (secondary N) is 2. The lowest BCUT2D eigenvalue weighted by atomic mass is 10.1. The summed E-state index contributed by atoms with van der Waals surface area (Å²) >= 11 is 0. The first-order valence-corrected chi connectivity index (χ1v) is 10.1. The van der Waals surface area contributed by atoms with E-state index in [9.17, 15) is 9.59 Å². The molecule has 2 amide bonds. The topological polar surface area (TPSA) is 61.4 Å². The average Bonchev–Trinajstić information content (AvgIpc) is 2.80. The molecule has 5 heteroatoms. The van der Waals surface area contributed by atoms with Crippen molar-refractivity contribution >= 4 is 23.2 Å². The molecule has 0 heterocycles. The minimum absolute atomic E-state index is 0.104. The Bertz CT molecular complexity index is 941. The molecule has 0 atom stereocenters. The summed E-state index contributed by atoms with van der Waals surface area (Å²) in [6, 6.07) is 26.2. The molecule has 3 aromatic rings. The highest BCUT2D eigenvalue weighted by molar-refractivity contribution is 6.04. The predicted molar refractivity (Wildman–Crippen MR) is 122 cm³/mol. The molecule has 0 aliphatic rings. The molecule has 30 heavy (non-hydrogen) atoms. The average molecular weight is 402 g/mol. The lowest BCUT2D eigenvalue weighted by Gasteiger charge is -2.19. The van der Waals surface area contributed by atoms with Gasteiger partial charge in [0.25, 0.3) is 11.8 Å². The van der Waals surface area contributed by atoms with E-state index in [1.165, 1.54) is 5.69 Å². The first kappa shape index (κ1) is 21.1. The van der Waals surface area contributed by atoms with Gasteiger partial charge in [0.15, 0.2) is 0 Å². The van der Waals surface area contributed by atoms with Gasteiger partial charge < -0.3 is 15.5 Å². The normalized spacial score (nSPS) is 10.3. The van der Waals surface area contributed by atoms with E-state index >= 15 is 0 Å². The van der Waals surface area contributed by atoms with Crippen molar-refractivity contribution in [3.8, 4) is 0 Å². The van der Waals surface area contributed by atoms with Gasteiger partial charge in [0.2, 0.25) is 0 Å². The number of carbonyl (C=O) groups is 2. The lowest BCUT2D eigenvalue weighted by molar-refractivity contribution is 0.0952. The van der Waals surface area contributed by atoms with E-state index < -0.39 is 0 Å². The van der Waals surface area contributed by atoms with Crippen LogP contribution in [0.5, 0.6) is 0 Å². The molecule has 3 aromatic carbocycles. The summed E-state index contributed by atoms with van der Waals surface area (Å²) < 4.78 is 0. The predicted octanol–water partition coefficient (Wildman–Crippen LogP) is 4.59. The molecule has 0 aliphatic carbocycles. The largest absolute Gasteiger partial charge is 0.375 e. The fraction of sp³-hybridized carbons (Fsp3) is 0.200. The fourth-order valence-corrected chi connectivity index (χ4v) is 3.09. The molecule has 2 N–H and O–H groups in total. The molecule has 0 unspecified atom stereocenters. The molecule has 0 spiro atoms. The molecule has 0 bridgehead atoms. The quantitative estimate of drug-likeness (QED) is 0.516. The van der Waals surface area contributed by atoms with Gasteiger partial charge in [-0.3, -0.25) is 9.59 Å². The van der Waals surface area contributed by atoms with Gasteiger partial charge in [0, 0.05) is 42.6 Å². The maximum atomic E-state index is 12.3. The Kier molecular flexibility index (Phi) is 7.61. The van der Waals surface area contributed by atoms with Crippen molar-refractivity contribution in [2.24, 2.45) is 0 Å². The highest BCUT2D eigenvalue weighted by Crippen LogP contribution is 2.13. The minimum Gasteiger partial charge on any atom is -0.375 e. The maximum absolute atomic E-state index is 12.3. The number of amides is 2. The molecule has 0 saturated heterocycles. The van der Waals surface area contributed by atoms with Gasteiger partial charge >= 0.3 is 0 Å². The Hall–Kier alpha value is -3.60. The smallest absolute Gasteiger partial charge is 0.255 e. The molecular weight excluding hydrogens is 374 g/mol. The highest BCUT2D eigenvalue weighted by atomic mass is 16.2. The number of hydrogen-bond donors (Lipinski definition) is 2. The monoisotopic (exact) mass is 401 g/mol. The Labute approximate surface area is 177 Å². The number of rotatable bonds is 9. The molecule has 0 fully saturated rings. The second-order valence-electron chi connectivity index (χ2n) is 7.12. The van der Waals surface area contributed by atoms with E-state index in [1.54, 1.807) is 36.4 Å². The van der Waals surface area contributed by atoms with Crippen LogP contribution in [0, 0.1) is 0 Å². The molecule has 154 valence electrons. The third-order valence-electron chi connectivity index (χ3n) is 4.84. The van der Waals surface area contributed by atoms with Crippen molar-refractivity contribution in [1.29, 1.82) is 0 Å². The molecular formula is C25H27N3O2. The number of unbranched alkanes of at least 4 members (excludes halogenated alkanes) is 1. The number of para-hydroxylation sites is 1. The molecule has 3 rings (SSSR count). The number of nitrogens with zero attached hydrogens (tertiary/aromatic N) is 1. The van der Waals surface area contributed by atoms with Gasteiger partial charge in [-0.05, 0) is 61.4 Å². The van der Waals surface area contributed by atoms with Crippen LogP contribution in [0.15, 0.2) is 84.9 Å². The Morgan fingerprint density at radius 1 is 0.733 bits per heavy atom. The van der Waals surface area contributed by atoms with Crippen LogP contribution in [0.25, 0.3) is 0 Å². The third-order valence-corrected chi connectivity index (χ3v) is 4.84. The summed E-state index contributed by atoms with van der Waals surface area (Å²) in [5, 5.41) is 5.79. The number of anilines is 2. The van der Waals surface area contributed by atoms with E-state index in [0.29, 0.717) is 23.4 Å². The number of benzene rings is 3. The van der Waals surface area contributed by atoms with Crippen molar-refractivity contribution in [2.45, 2.75) is 12.8 Å². The van der Waals surface area contributed by atoms with Crippen LogP contribution < -0.4 is 15.5 Å². The van der Waals surface area contributed by atoms with Gasteiger partial charge in [-0.25, -0.2) is 0 Å². The van der Waals surface area contributed by atoms with E-state index in [0.717, 1.165) is 19.4 Å². The Morgan fingerprint density at radius 2 is 1.33 bits per heavy atom. The van der Waals surface area contributed by atoms with E-state index in [2.05, 4.69) is 34.7 Å². The number of hydrogen-bond acceptors (Lipinski definition) is 3. The molecule has 5 nitrogen and oxygen atoms in total. The zero-order chi connectivity index (χ0) is 21.2. The molecule has 0 radical (unpaired) electrons. The van der Waals surface area contributed by atoms with Crippen molar-refractivity contribution in [1.82, 2.24) is 5.32 Å². The van der Waals surface area contributed by atoms with Gasteiger partial charge in [0.1, 0.15) is 0 Å². The minimum atomic E-state index is -0.173. The second-order valence-corrected chi connectivity index (χ2v) is 7.12. The van der Waals surface area contributed by atoms with E-state index in [4.69, 9.17) is 0 Å². The Balaban J connectivity index is 1.39. The number of carbonyl (C=O) groups excluding carboxylic acids is 2. The van der Waals surface area contributed by atoms with Gasteiger partial charge in [-0.2, -0.15) is 0 Å². The summed E-state index contributed by atoms with van der Waals surface area (Å²) in [5.41, 5.74) is 3.02. The summed E-state index contributed by atoms with van der Waals surface area (Å²) in [7, 11) is 2.08. The van der Waals surface area contributed by atoms with Crippen molar-refractivity contribution in [3.05, 3.63) is 96.1 Å². The molecule has 0 aromatic heterocycles. The highest BCUT2D eigenvalue weighted by Gasteiger charge is 2.08. The third kappa shape index (κ3) is 6.21. The van der Waals surface area contributed by atoms with Crippen LogP contribution >= 0.6 is 0 Å². The van der Waals surface area contributed by atoms with Crippen molar-refractivity contribution < 1.29 is 9.59 Å². The van der Waals surface area contributed by atoms with E-state index in [-0.39, 0.29) is 11.8 Å². The zero-order valence-electron chi connectivity index (χ0n) is 17.2. The van der Waals surface area contributed by atoms with E-state index in [1.807, 2.05) is 36.4 Å². The fourth-order valence-electron chi connectivity index (χ4n) is 3.09.